The number of halogens is 2. The maximum atomic E-state index is 13.0. The van der Waals surface area contributed by atoms with E-state index in [2.05, 4.69) is 25.9 Å². The van der Waals surface area contributed by atoms with Crippen LogP contribution in [0.1, 0.15) is 18.0 Å². The lowest BCUT2D eigenvalue weighted by Gasteiger charge is -2.26. The zero-order chi connectivity index (χ0) is 14.1. The van der Waals surface area contributed by atoms with E-state index in [0.717, 1.165) is 15.9 Å². The molecule has 1 aliphatic rings. The maximum Gasteiger partial charge on any atom is 0.146 e. The number of aliphatic hydroxyl groups is 1. The van der Waals surface area contributed by atoms with E-state index in [9.17, 15) is 9.50 Å². The Labute approximate surface area is 124 Å². The van der Waals surface area contributed by atoms with Crippen LogP contribution in [0, 0.1) is 5.82 Å². The minimum absolute atomic E-state index is 0.0169. The standard InChI is InChI=1S/C14H13BrFN3O/c15-12-6-17-8-18-14(12)19-7-11(20)5-13(19)9-1-3-10(16)4-2-9/h1-4,6,8,11,13,20H,5,7H2/t11-,13+/m0/s1. The van der Waals surface area contributed by atoms with Crippen molar-refractivity contribution in [1.29, 1.82) is 0 Å². The molecule has 2 aromatic rings. The Morgan fingerprint density at radius 3 is 2.75 bits per heavy atom. The number of anilines is 1. The molecular formula is C14H13BrFN3O. The van der Waals surface area contributed by atoms with Gasteiger partial charge in [-0.2, -0.15) is 0 Å². The zero-order valence-corrected chi connectivity index (χ0v) is 12.2. The van der Waals surface area contributed by atoms with E-state index in [0.29, 0.717) is 13.0 Å². The normalized spacial score (nSPS) is 22.2. The Kier molecular flexibility index (Phi) is 3.67. The second-order valence-corrected chi connectivity index (χ2v) is 5.66. The van der Waals surface area contributed by atoms with Crippen molar-refractivity contribution in [3.63, 3.8) is 0 Å². The number of aromatic nitrogens is 2. The summed E-state index contributed by atoms with van der Waals surface area (Å²) < 4.78 is 13.8. The highest BCUT2D eigenvalue weighted by Crippen LogP contribution is 2.37. The van der Waals surface area contributed by atoms with Crippen LogP contribution in [0.25, 0.3) is 0 Å². The fraction of sp³-hybridized carbons (Fsp3) is 0.286. The third-order valence-electron chi connectivity index (χ3n) is 3.45. The third kappa shape index (κ3) is 2.53. The largest absolute Gasteiger partial charge is 0.391 e. The lowest BCUT2D eigenvalue weighted by molar-refractivity contribution is 0.194. The van der Waals surface area contributed by atoms with E-state index in [4.69, 9.17) is 0 Å². The molecule has 1 aromatic heterocycles. The van der Waals surface area contributed by atoms with Crippen LogP contribution >= 0.6 is 15.9 Å². The second kappa shape index (κ2) is 5.46. The van der Waals surface area contributed by atoms with Crippen molar-refractivity contribution in [3.8, 4) is 0 Å². The average Bonchev–Trinajstić information content (AvgIpc) is 2.82. The van der Waals surface area contributed by atoms with Gasteiger partial charge in [0, 0.05) is 12.7 Å². The third-order valence-corrected chi connectivity index (χ3v) is 4.01. The summed E-state index contributed by atoms with van der Waals surface area (Å²) in [4.78, 5) is 10.2. The number of hydrogen-bond acceptors (Lipinski definition) is 4. The molecule has 0 spiro atoms. The van der Waals surface area contributed by atoms with Crippen LogP contribution in [0.3, 0.4) is 0 Å². The van der Waals surface area contributed by atoms with Crippen molar-refractivity contribution in [2.24, 2.45) is 0 Å². The summed E-state index contributed by atoms with van der Waals surface area (Å²) in [6, 6.07) is 6.36. The molecule has 4 nitrogen and oxygen atoms in total. The molecule has 2 atom stereocenters. The van der Waals surface area contributed by atoms with Crippen LogP contribution in [-0.2, 0) is 0 Å². The first-order valence-electron chi connectivity index (χ1n) is 6.31. The summed E-state index contributed by atoms with van der Waals surface area (Å²) in [5.74, 6) is 0.480. The number of benzene rings is 1. The summed E-state index contributed by atoms with van der Waals surface area (Å²) in [5.41, 5.74) is 0.966. The molecule has 0 saturated carbocycles. The Hall–Kier alpha value is -1.53. The highest BCUT2D eigenvalue weighted by atomic mass is 79.9. The molecule has 0 bridgehead atoms. The van der Waals surface area contributed by atoms with Gasteiger partial charge in [0.15, 0.2) is 0 Å². The van der Waals surface area contributed by atoms with Gasteiger partial charge in [-0.05, 0) is 40.0 Å². The zero-order valence-electron chi connectivity index (χ0n) is 10.6. The summed E-state index contributed by atoms with van der Waals surface area (Å²) in [5, 5.41) is 9.96. The Bertz CT molecular complexity index is 608. The van der Waals surface area contributed by atoms with Gasteiger partial charge < -0.3 is 10.0 Å². The minimum atomic E-state index is -0.424. The Morgan fingerprint density at radius 1 is 1.30 bits per heavy atom. The number of rotatable bonds is 2. The Morgan fingerprint density at radius 2 is 2.05 bits per heavy atom. The van der Waals surface area contributed by atoms with Crippen molar-refractivity contribution < 1.29 is 9.50 Å². The topological polar surface area (TPSA) is 49.2 Å². The van der Waals surface area contributed by atoms with Gasteiger partial charge in [-0.3, -0.25) is 0 Å². The lowest BCUT2D eigenvalue weighted by atomic mass is 10.0. The van der Waals surface area contributed by atoms with Crippen LogP contribution in [-0.4, -0.2) is 27.7 Å². The maximum absolute atomic E-state index is 13.0. The molecule has 1 saturated heterocycles. The number of nitrogens with zero attached hydrogens (tertiary/aromatic N) is 3. The molecule has 1 aliphatic heterocycles. The Balaban J connectivity index is 1.97. The summed E-state index contributed by atoms with van der Waals surface area (Å²) in [7, 11) is 0. The van der Waals surface area contributed by atoms with Gasteiger partial charge in [-0.1, -0.05) is 12.1 Å². The SMILES string of the molecule is O[C@H]1C[C@H](c2ccc(F)cc2)N(c2ncncc2Br)C1. The fourth-order valence-electron chi connectivity index (χ4n) is 2.57. The van der Waals surface area contributed by atoms with Crippen LogP contribution in [0.5, 0.6) is 0 Å². The summed E-state index contributed by atoms with van der Waals surface area (Å²) >= 11 is 3.43. The number of aliphatic hydroxyl groups excluding tert-OH is 1. The highest BCUT2D eigenvalue weighted by Gasteiger charge is 2.33. The first kappa shape index (κ1) is 13.5. The number of β-amino-alcohol motifs (C(OH)–C–C–N with tert-alkyl or cyclic N) is 1. The first-order chi connectivity index (χ1) is 9.65. The predicted molar refractivity (Wildman–Crippen MR) is 76.8 cm³/mol. The minimum Gasteiger partial charge on any atom is -0.391 e. The molecule has 2 heterocycles. The van der Waals surface area contributed by atoms with E-state index in [1.807, 2.05) is 4.90 Å². The van der Waals surface area contributed by atoms with E-state index in [1.54, 1.807) is 18.3 Å². The molecule has 3 rings (SSSR count). The van der Waals surface area contributed by atoms with Crippen LogP contribution < -0.4 is 4.90 Å². The molecule has 1 N–H and O–H groups in total. The molecule has 0 unspecified atom stereocenters. The van der Waals surface area contributed by atoms with Crippen LogP contribution in [0.15, 0.2) is 41.3 Å². The lowest BCUT2D eigenvalue weighted by Crippen LogP contribution is -2.25. The van der Waals surface area contributed by atoms with Crippen LogP contribution in [0.4, 0.5) is 10.2 Å². The molecule has 6 heteroatoms. The van der Waals surface area contributed by atoms with Crippen molar-refractivity contribution in [2.75, 3.05) is 11.4 Å². The van der Waals surface area contributed by atoms with Crippen molar-refractivity contribution in [3.05, 3.63) is 52.6 Å². The quantitative estimate of drug-likeness (QED) is 0.915. The highest BCUT2D eigenvalue weighted by molar-refractivity contribution is 9.10. The van der Waals surface area contributed by atoms with Gasteiger partial charge in [-0.25, -0.2) is 14.4 Å². The van der Waals surface area contributed by atoms with Crippen molar-refractivity contribution in [2.45, 2.75) is 18.6 Å². The first-order valence-corrected chi connectivity index (χ1v) is 7.10. The molecule has 0 amide bonds. The van der Waals surface area contributed by atoms with E-state index in [-0.39, 0.29) is 11.9 Å². The van der Waals surface area contributed by atoms with Gasteiger partial charge >= 0.3 is 0 Å². The van der Waals surface area contributed by atoms with Gasteiger partial charge in [0.1, 0.15) is 18.0 Å². The summed E-state index contributed by atoms with van der Waals surface area (Å²) in [6.45, 7) is 0.498. The molecule has 1 fully saturated rings. The molecular weight excluding hydrogens is 325 g/mol. The molecule has 104 valence electrons. The van der Waals surface area contributed by atoms with Gasteiger partial charge in [-0.15, -0.1) is 0 Å². The van der Waals surface area contributed by atoms with E-state index in [1.165, 1.54) is 18.5 Å². The number of hydrogen-bond donors (Lipinski definition) is 1. The molecule has 1 aromatic carbocycles. The van der Waals surface area contributed by atoms with E-state index >= 15 is 0 Å². The predicted octanol–water partition coefficient (Wildman–Crippen LogP) is 2.69. The average molecular weight is 338 g/mol. The van der Waals surface area contributed by atoms with Crippen molar-refractivity contribution >= 4 is 21.7 Å². The van der Waals surface area contributed by atoms with Gasteiger partial charge in [0.2, 0.25) is 0 Å². The van der Waals surface area contributed by atoms with Gasteiger partial charge in [0.05, 0.1) is 16.6 Å². The van der Waals surface area contributed by atoms with Crippen LogP contribution in [0.2, 0.25) is 0 Å². The smallest absolute Gasteiger partial charge is 0.146 e. The molecule has 0 radical (unpaired) electrons. The monoisotopic (exact) mass is 337 g/mol. The summed E-state index contributed by atoms with van der Waals surface area (Å²) in [6.07, 6.45) is 3.33. The molecule has 20 heavy (non-hydrogen) atoms. The molecule has 0 aliphatic carbocycles. The van der Waals surface area contributed by atoms with Gasteiger partial charge in [0.25, 0.3) is 0 Å². The fourth-order valence-corrected chi connectivity index (χ4v) is 3.01. The second-order valence-electron chi connectivity index (χ2n) is 4.80. The van der Waals surface area contributed by atoms with E-state index < -0.39 is 6.10 Å². The van der Waals surface area contributed by atoms with Crippen molar-refractivity contribution in [1.82, 2.24) is 9.97 Å².